The molecule has 2 aromatic carbocycles. The lowest BCUT2D eigenvalue weighted by atomic mass is 9.99. The van der Waals surface area contributed by atoms with Gasteiger partial charge in [0.25, 0.3) is 0 Å². The van der Waals surface area contributed by atoms with Gasteiger partial charge in [-0.05, 0) is 51.0 Å². The number of hydrogen-bond donors (Lipinski definition) is 0. The van der Waals surface area contributed by atoms with Crippen LogP contribution in [-0.2, 0) is 0 Å². The van der Waals surface area contributed by atoms with E-state index >= 15 is 0 Å². The monoisotopic (exact) mass is 306 g/mol. The van der Waals surface area contributed by atoms with E-state index < -0.39 is 5.82 Å². The van der Waals surface area contributed by atoms with Gasteiger partial charge in [-0.25, -0.2) is 4.39 Å². The third kappa shape index (κ3) is 2.93. The molecule has 0 aliphatic heterocycles. The highest BCUT2D eigenvalue weighted by Gasteiger charge is 2.17. The number of carbonyl (C=O) groups is 1. The lowest BCUT2D eigenvalue weighted by Gasteiger charge is -2.15. The summed E-state index contributed by atoms with van der Waals surface area (Å²) in [6, 6.07) is 6.40. The van der Waals surface area contributed by atoms with E-state index in [1.165, 1.54) is 13.0 Å². The Morgan fingerprint density at radius 2 is 1.71 bits per heavy atom. The van der Waals surface area contributed by atoms with Crippen LogP contribution >= 0.6 is 11.6 Å². The summed E-state index contributed by atoms with van der Waals surface area (Å²) in [5, 5.41) is 0.236. The fourth-order valence-corrected chi connectivity index (χ4v) is 2.51. The zero-order valence-electron chi connectivity index (χ0n) is 12.4. The topological polar surface area (TPSA) is 26.3 Å². The quantitative estimate of drug-likeness (QED) is 0.710. The van der Waals surface area contributed by atoms with Crippen molar-refractivity contribution in [2.24, 2.45) is 0 Å². The first-order valence-corrected chi connectivity index (χ1v) is 6.94. The molecule has 2 aromatic rings. The maximum absolute atomic E-state index is 13.9. The second kappa shape index (κ2) is 5.86. The van der Waals surface area contributed by atoms with Crippen molar-refractivity contribution < 1.29 is 13.9 Å². The molecular formula is C17H16ClFO2. The van der Waals surface area contributed by atoms with E-state index in [1.807, 2.05) is 6.92 Å². The maximum Gasteiger partial charge on any atom is 0.181 e. The second-order valence-corrected chi connectivity index (χ2v) is 5.42. The fraction of sp³-hybridized carbons (Fsp3) is 0.235. The van der Waals surface area contributed by atoms with Crippen molar-refractivity contribution >= 4 is 17.4 Å². The summed E-state index contributed by atoms with van der Waals surface area (Å²) in [5.41, 5.74) is 2.86. The number of ketones is 1. The molecule has 0 aliphatic carbocycles. The average molecular weight is 307 g/mol. The normalized spacial score (nSPS) is 10.6. The van der Waals surface area contributed by atoms with Gasteiger partial charge in [0.15, 0.2) is 17.3 Å². The van der Waals surface area contributed by atoms with Crippen LogP contribution in [0.4, 0.5) is 4.39 Å². The van der Waals surface area contributed by atoms with Crippen molar-refractivity contribution in [3.8, 4) is 11.5 Å². The van der Waals surface area contributed by atoms with Crippen LogP contribution in [-0.4, -0.2) is 5.78 Å². The zero-order valence-corrected chi connectivity index (χ0v) is 13.1. The molecule has 0 saturated carbocycles. The Hall–Kier alpha value is -1.87. The predicted molar refractivity (Wildman–Crippen MR) is 82.1 cm³/mol. The van der Waals surface area contributed by atoms with E-state index in [0.29, 0.717) is 16.9 Å². The van der Waals surface area contributed by atoms with Crippen molar-refractivity contribution in [1.82, 2.24) is 0 Å². The molecule has 0 saturated heterocycles. The number of hydrogen-bond acceptors (Lipinski definition) is 2. The van der Waals surface area contributed by atoms with Crippen LogP contribution in [0, 0.1) is 26.6 Å². The molecule has 0 N–H and O–H groups in total. The number of benzene rings is 2. The van der Waals surface area contributed by atoms with Gasteiger partial charge in [0, 0.05) is 11.1 Å². The number of ether oxygens (including phenoxy) is 1. The number of Topliss-reactive ketones (excluding diaryl/α,β-unsaturated/α-hetero) is 1. The van der Waals surface area contributed by atoms with Crippen molar-refractivity contribution in [3.63, 3.8) is 0 Å². The molecule has 0 atom stereocenters. The molecule has 0 heterocycles. The number of halogens is 2. The lowest BCUT2D eigenvalue weighted by molar-refractivity contribution is 0.101. The number of carbonyl (C=O) groups excluding carboxylic acids is 1. The molecule has 2 rings (SSSR count). The van der Waals surface area contributed by atoms with Gasteiger partial charge in [-0.1, -0.05) is 23.7 Å². The van der Waals surface area contributed by atoms with Gasteiger partial charge >= 0.3 is 0 Å². The van der Waals surface area contributed by atoms with E-state index in [-0.39, 0.29) is 16.6 Å². The third-order valence-corrected chi connectivity index (χ3v) is 3.90. The molecule has 0 amide bonds. The Morgan fingerprint density at radius 1 is 1.10 bits per heavy atom. The summed E-state index contributed by atoms with van der Waals surface area (Å²) in [6.07, 6.45) is 0. The number of rotatable bonds is 3. The summed E-state index contributed by atoms with van der Waals surface area (Å²) in [7, 11) is 0. The minimum Gasteiger partial charge on any atom is -0.452 e. The zero-order chi connectivity index (χ0) is 15.7. The van der Waals surface area contributed by atoms with Gasteiger partial charge in [-0.15, -0.1) is 0 Å². The first kappa shape index (κ1) is 15.5. The summed E-state index contributed by atoms with van der Waals surface area (Å²) in [4.78, 5) is 11.7. The Kier molecular flexibility index (Phi) is 4.33. The van der Waals surface area contributed by atoms with Crippen LogP contribution in [0.25, 0.3) is 0 Å². The summed E-state index contributed by atoms with van der Waals surface area (Å²) in [6.45, 7) is 6.91. The Bertz CT molecular complexity index is 723. The van der Waals surface area contributed by atoms with Crippen LogP contribution in [0.2, 0.25) is 5.02 Å². The highest BCUT2D eigenvalue weighted by Crippen LogP contribution is 2.36. The van der Waals surface area contributed by atoms with Gasteiger partial charge in [-0.2, -0.15) is 0 Å². The summed E-state index contributed by atoms with van der Waals surface area (Å²) >= 11 is 6.10. The first-order valence-electron chi connectivity index (χ1n) is 6.56. The van der Waals surface area contributed by atoms with Gasteiger partial charge < -0.3 is 4.74 Å². The molecule has 0 bridgehead atoms. The molecule has 4 heteroatoms. The van der Waals surface area contributed by atoms with Crippen LogP contribution in [0.5, 0.6) is 11.5 Å². The van der Waals surface area contributed by atoms with Crippen LogP contribution in [0.15, 0.2) is 24.3 Å². The molecule has 0 fully saturated rings. The molecule has 110 valence electrons. The van der Waals surface area contributed by atoms with Crippen molar-refractivity contribution in [1.29, 1.82) is 0 Å². The summed E-state index contributed by atoms with van der Waals surface area (Å²) in [5.74, 6) is -0.170. The Labute approximate surface area is 128 Å². The standard InChI is InChI=1S/C17H16ClFO2/c1-9-6-8-14(11(3)15(9)12(4)20)21-17-13(19)7-5-10(2)16(17)18/h5-8H,1-4H3. The lowest BCUT2D eigenvalue weighted by Crippen LogP contribution is -2.02. The first-order chi connectivity index (χ1) is 9.82. The molecule has 0 unspecified atom stereocenters. The molecule has 0 aromatic heterocycles. The minimum atomic E-state index is -0.532. The third-order valence-electron chi connectivity index (χ3n) is 3.43. The fourth-order valence-electron chi connectivity index (χ4n) is 2.31. The highest BCUT2D eigenvalue weighted by atomic mass is 35.5. The molecule has 21 heavy (non-hydrogen) atoms. The van der Waals surface area contributed by atoms with Gasteiger partial charge in [0.2, 0.25) is 0 Å². The van der Waals surface area contributed by atoms with Gasteiger partial charge in [0.05, 0.1) is 5.02 Å². The Balaban J connectivity index is 2.54. The molecular weight excluding hydrogens is 291 g/mol. The number of aryl methyl sites for hydroxylation is 2. The SMILES string of the molecule is CC(=O)c1c(C)ccc(Oc2c(F)ccc(C)c2Cl)c1C. The van der Waals surface area contributed by atoms with Crippen molar-refractivity contribution in [3.05, 3.63) is 57.4 Å². The van der Waals surface area contributed by atoms with Crippen molar-refractivity contribution in [2.45, 2.75) is 27.7 Å². The van der Waals surface area contributed by atoms with Crippen LogP contribution < -0.4 is 4.74 Å². The molecule has 0 radical (unpaired) electrons. The van der Waals surface area contributed by atoms with E-state index in [9.17, 15) is 9.18 Å². The summed E-state index contributed by atoms with van der Waals surface area (Å²) < 4.78 is 19.5. The molecule has 0 aliphatic rings. The minimum absolute atomic E-state index is 0.0156. The van der Waals surface area contributed by atoms with Gasteiger partial charge in [0.1, 0.15) is 5.75 Å². The molecule has 2 nitrogen and oxygen atoms in total. The van der Waals surface area contributed by atoms with E-state index in [0.717, 1.165) is 11.1 Å². The highest BCUT2D eigenvalue weighted by molar-refractivity contribution is 6.32. The van der Waals surface area contributed by atoms with Crippen LogP contribution in [0.3, 0.4) is 0 Å². The predicted octanol–water partition coefficient (Wildman–Crippen LogP) is 5.40. The Morgan fingerprint density at radius 3 is 2.33 bits per heavy atom. The van der Waals surface area contributed by atoms with Gasteiger partial charge in [-0.3, -0.25) is 4.79 Å². The second-order valence-electron chi connectivity index (χ2n) is 5.05. The van der Waals surface area contributed by atoms with E-state index in [4.69, 9.17) is 16.3 Å². The van der Waals surface area contributed by atoms with E-state index in [2.05, 4.69) is 0 Å². The average Bonchev–Trinajstić information content (AvgIpc) is 2.41. The van der Waals surface area contributed by atoms with E-state index in [1.54, 1.807) is 32.0 Å². The molecule has 0 spiro atoms. The largest absolute Gasteiger partial charge is 0.452 e. The van der Waals surface area contributed by atoms with Crippen molar-refractivity contribution in [2.75, 3.05) is 0 Å². The van der Waals surface area contributed by atoms with Crippen LogP contribution in [0.1, 0.15) is 34.0 Å². The smallest absolute Gasteiger partial charge is 0.181 e. The maximum atomic E-state index is 13.9.